The van der Waals surface area contributed by atoms with Gasteiger partial charge < -0.3 is 10.1 Å². The zero-order valence-electron chi connectivity index (χ0n) is 11.8. The highest BCUT2D eigenvalue weighted by atomic mass is 16.5. The Labute approximate surface area is 118 Å². The predicted octanol–water partition coefficient (Wildman–Crippen LogP) is 3.23. The summed E-state index contributed by atoms with van der Waals surface area (Å²) < 4.78 is 5.22. The van der Waals surface area contributed by atoms with Crippen LogP contribution in [0.25, 0.3) is 10.8 Å². The van der Waals surface area contributed by atoms with E-state index in [9.17, 15) is 4.79 Å². The number of fused-ring (bicyclic) bond motifs is 1. The molecule has 1 fully saturated rings. The van der Waals surface area contributed by atoms with Gasteiger partial charge >= 0.3 is 0 Å². The molecular weight excluding hydrogens is 250 g/mol. The number of amides is 1. The highest BCUT2D eigenvalue weighted by Crippen LogP contribution is 2.26. The Morgan fingerprint density at radius 2 is 1.90 bits per heavy atom. The molecular formula is C17H19NO2. The molecule has 0 saturated heterocycles. The summed E-state index contributed by atoms with van der Waals surface area (Å²) in [6, 6.07) is 12.6. The molecule has 2 aromatic carbocycles. The molecule has 2 aromatic rings. The molecule has 1 aliphatic rings. The van der Waals surface area contributed by atoms with Crippen molar-refractivity contribution in [3.63, 3.8) is 0 Å². The molecule has 1 atom stereocenters. The van der Waals surface area contributed by atoms with Crippen molar-refractivity contribution in [3.8, 4) is 5.75 Å². The summed E-state index contributed by atoms with van der Waals surface area (Å²) in [6.45, 7) is 1.96. The van der Waals surface area contributed by atoms with E-state index >= 15 is 0 Å². The van der Waals surface area contributed by atoms with Gasteiger partial charge in [0.2, 0.25) is 5.91 Å². The Bertz CT molecular complexity index is 646. The van der Waals surface area contributed by atoms with E-state index < -0.39 is 0 Å². The molecule has 1 N–H and O–H groups in total. The van der Waals surface area contributed by atoms with Gasteiger partial charge in [-0.2, -0.15) is 0 Å². The third-order valence-electron chi connectivity index (χ3n) is 3.89. The van der Waals surface area contributed by atoms with E-state index in [4.69, 9.17) is 4.74 Å². The first-order chi connectivity index (χ1) is 9.67. The van der Waals surface area contributed by atoms with Crippen molar-refractivity contribution < 1.29 is 9.53 Å². The van der Waals surface area contributed by atoms with E-state index in [2.05, 4.69) is 11.4 Å². The van der Waals surface area contributed by atoms with Crippen LogP contribution in [0.2, 0.25) is 0 Å². The number of nitrogens with one attached hydrogen (secondary N) is 1. The maximum atomic E-state index is 12.1. The zero-order valence-corrected chi connectivity index (χ0v) is 11.8. The Kier molecular flexibility index (Phi) is 3.35. The van der Waals surface area contributed by atoms with E-state index in [1.54, 1.807) is 7.11 Å². The summed E-state index contributed by atoms with van der Waals surface area (Å²) in [7, 11) is 1.67. The monoisotopic (exact) mass is 269 g/mol. The minimum absolute atomic E-state index is 0.109. The van der Waals surface area contributed by atoms with Gasteiger partial charge in [-0.1, -0.05) is 24.3 Å². The van der Waals surface area contributed by atoms with Crippen LogP contribution in [0.1, 0.15) is 31.2 Å². The third-order valence-corrected chi connectivity index (χ3v) is 3.89. The zero-order chi connectivity index (χ0) is 14.1. The second kappa shape index (κ2) is 5.16. The van der Waals surface area contributed by atoms with Gasteiger partial charge in [0, 0.05) is 6.04 Å². The summed E-state index contributed by atoms with van der Waals surface area (Å²) in [6.07, 6.45) is 2.24. The van der Waals surface area contributed by atoms with Crippen molar-refractivity contribution in [2.45, 2.75) is 31.7 Å². The first-order valence-electron chi connectivity index (χ1n) is 7.05. The molecule has 20 heavy (non-hydrogen) atoms. The Hall–Kier alpha value is -2.03. The molecule has 0 radical (unpaired) electrons. The third kappa shape index (κ3) is 2.62. The molecule has 0 heterocycles. The fourth-order valence-electron chi connectivity index (χ4n) is 2.34. The van der Waals surface area contributed by atoms with Crippen LogP contribution in [0.5, 0.6) is 5.75 Å². The number of hydrogen-bond acceptors (Lipinski definition) is 2. The number of ether oxygens (including phenoxy) is 1. The predicted molar refractivity (Wildman–Crippen MR) is 80.1 cm³/mol. The average Bonchev–Trinajstić information content (AvgIpc) is 3.29. The van der Waals surface area contributed by atoms with Crippen LogP contribution >= 0.6 is 0 Å². The van der Waals surface area contributed by atoms with Crippen molar-refractivity contribution in [2.75, 3.05) is 7.11 Å². The highest BCUT2D eigenvalue weighted by molar-refractivity contribution is 5.88. The largest absolute Gasteiger partial charge is 0.497 e. The minimum atomic E-state index is -0.109. The first kappa shape index (κ1) is 13.0. The number of carbonyl (C=O) groups excluding carboxylic acids is 1. The van der Waals surface area contributed by atoms with Gasteiger partial charge in [-0.15, -0.1) is 0 Å². The van der Waals surface area contributed by atoms with Crippen LogP contribution < -0.4 is 10.1 Å². The summed E-state index contributed by atoms with van der Waals surface area (Å²) in [4.78, 5) is 12.1. The second-order valence-electron chi connectivity index (χ2n) is 5.48. The second-order valence-corrected chi connectivity index (χ2v) is 5.48. The summed E-state index contributed by atoms with van der Waals surface area (Å²) in [5.74, 6) is 0.868. The van der Waals surface area contributed by atoms with Crippen LogP contribution in [0.15, 0.2) is 36.4 Å². The summed E-state index contributed by atoms with van der Waals surface area (Å²) >= 11 is 0. The molecule has 1 amide bonds. The van der Waals surface area contributed by atoms with E-state index in [1.165, 1.54) is 0 Å². The molecule has 0 aromatic heterocycles. The van der Waals surface area contributed by atoms with Gasteiger partial charge in [-0.3, -0.25) is 4.79 Å². The number of rotatable bonds is 4. The van der Waals surface area contributed by atoms with Crippen LogP contribution in [0.3, 0.4) is 0 Å². The van der Waals surface area contributed by atoms with Crippen LogP contribution in [-0.4, -0.2) is 19.1 Å². The SMILES string of the molecule is COc1ccc2cc([C@H](C)C(=O)NC3CC3)ccc2c1. The number of carbonyl (C=O) groups is 1. The molecule has 0 spiro atoms. The molecule has 1 saturated carbocycles. The average molecular weight is 269 g/mol. The van der Waals surface area contributed by atoms with Gasteiger partial charge in [-0.05, 0) is 48.2 Å². The molecule has 3 heteroatoms. The van der Waals surface area contributed by atoms with Crippen molar-refractivity contribution in [3.05, 3.63) is 42.0 Å². The fourth-order valence-corrected chi connectivity index (χ4v) is 2.34. The van der Waals surface area contributed by atoms with E-state index in [0.717, 1.165) is 34.9 Å². The van der Waals surface area contributed by atoms with Crippen LogP contribution in [0, 0.1) is 0 Å². The molecule has 3 rings (SSSR count). The Morgan fingerprint density at radius 1 is 1.20 bits per heavy atom. The van der Waals surface area contributed by atoms with Crippen molar-refractivity contribution in [1.82, 2.24) is 5.32 Å². The maximum Gasteiger partial charge on any atom is 0.227 e. The number of benzene rings is 2. The lowest BCUT2D eigenvalue weighted by Gasteiger charge is -2.13. The first-order valence-corrected chi connectivity index (χ1v) is 7.05. The molecule has 0 bridgehead atoms. The molecule has 104 valence electrons. The molecule has 1 aliphatic carbocycles. The van der Waals surface area contributed by atoms with Gasteiger partial charge in [0.1, 0.15) is 5.75 Å². The van der Waals surface area contributed by atoms with Crippen LogP contribution in [0.4, 0.5) is 0 Å². The van der Waals surface area contributed by atoms with Gasteiger partial charge in [0.25, 0.3) is 0 Å². The van der Waals surface area contributed by atoms with Gasteiger partial charge in [-0.25, -0.2) is 0 Å². The fraction of sp³-hybridized carbons (Fsp3) is 0.353. The standard InChI is InChI=1S/C17H19NO2/c1-11(17(19)18-15-6-7-15)12-3-4-14-10-16(20-2)8-5-13(14)9-12/h3-5,8-11,15H,6-7H2,1-2H3,(H,18,19)/t11-/m0/s1. The number of methoxy groups -OCH3 is 1. The van der Waals surface area contributed by atoms with Gasteiger partial charge in [0.15, 0.2) is 0 Å². The van der Waals surface area contributed by atoms with Crippen molar-refractivity contribution in [2.24, 2.45) is 0 Å². The lowest BCUT2D eigenvalue weighted by atomic mass is 9.97. The van der Waals surface area contributed by atoms with E-state index in [0.29, 0.717) is 6.04 Å². The minimum Gasteiger partial charge on any atom is -0.497 e. The van der Waals surface area contributed by atoms with Crippen molar-refractivity contribution >= 4 is 16.7 Å². The smallest absolute Gasteiger partial charge is 0.227 e. The topological polar surface area (TPSA) is 38.3 Å². The molecule has 0 unspecified atom stereocenters. The normalized spacial score (nSPS) is 15.9. The highest BCUT2D eigenvalue weighted by Gasteiger charge is 2.26. The lowest BCUT2D eigenvalue weighted by Crippen LogP contribution is -2.29. The Balaban J connectivity index is 1.85. The summed E-state index contributed by atoms with van der Waals surface area (Å²) in [5.41, 5.74) is 1.06. The van der Waals surface area contributed by atoms with Crippen molar-refractivity contribution in [1.29, 1.82) is 0 Å². The van der Waals surface area contributed by atoms with Crippen LogP contribution in [-0.2, 0) is 4.79 Å². The Morgan fingerprint density at radius 3 is 2.60 bits per heavy atom. The molecule has 3 nitrogen and oxygen atoms in total. The van der Waals surface area contributed by atoms with E-state index in [1.807, 2.05) is 37.3 Å². The molecule has 0 aliphatic heterocycles. The quantitative estimate of drug-likeness (QED) is 0.925. The maximum absolute atomic E-state index is 12.1. The number of hydrogen-bond donors (Lipinski definition) is 1. The van der Waals surface area contributed by atoms with E-state index in [-0.39, 0.29) is 11.8 Å². The summed E-state index contributed by atoms with van der Waals surface area (Å²) in [5, 5.41) is 5.32. The lowest BCUT2D eigenvalue weighted by molar-refractivity contribution is -0.122. The van der Waals surface area contributed by atoms with Gasteiger partial charge in [0.05, 0.1) is 13.0 Å².